The van der Waals surface area contributed by atoms with Crippen LogP contribution >= 0.6 is 0 Å². The van der Waals surface area contributed by atoms with Crippen LogP contribution in [0.3, 0.4) is 0 Å². The molecule has 2 N–H and O–H groups in total. The van der Waals surface area contributed by atoms with Crippen LogP contribution in [0.1, 0.15) is 23.0 Å². The van der Waals surface area contributed by atoms with Gasteiger partial charge in [0.1, 0.15) is 11.4 Å². The molecule has 3 aromatic rings. The molecule has 0 spiro atoms. The van der Waals surface area contributed by atoms with E-state index in [1.165, 1.54) is 16.8 Å². The van der Waals surface area contributed by atoms with Crippen molar-refractivity contribution in [3.63, 3.8) is 0 Å². The monoisotopic (exact) mass is 339 g/mol. The number of carbonyl (C=O) groups is 1. The van der Waals surface area contributed by atoms with E-state index in [0.29, 0.717) is 11.3 Å². The zero-order chi connectivity index (χ0) is 17.9. The third kappa shape index (κ3) is 3.92. The zero-order valence-corrected chi connectivity index (χ0v) is 13.7. The van der Waals surface area contributed by atoms with Crippen LogP contribution in [0.15, 0.2) is 66.9 Å². The van der Waals surface area contributed by atoms with Gasteiger partial charge < -0.3 is 10.4 Å². The van der Waals surface area contributed by atoms with Gasteiger partial charge in [0.25, 0.3) is 5.91 Å². The second-order valence-electron chi connectivity index (χ2n) is 5.94. The fourth-order valence-corrected chi connectivity index (χ4v) is 2.42. The third-order valence-corrected chi connectivity index (χ3v) is 3.90. The number of halogens is 1. The van der Waals surface area contributed by atoms with Crippen molar-refractivity contribution in [2.24, 2.45) is 0 Å². The molecule has 0 aliphatic heterocycles. The summed E-state index contributed by atoms with van der Waals surface area (Å²) in [7, 11) is 0. The van der Waals surface area contributed by atoms with Crippen molar-refractivity contribution in [3.8, 4) is 5.69 Å². The highest BCUT2D eigenvalue weighted by atomic mass is 19.1. The summed E-state index contributed by atoms with van der Waals surface area (Å²) in [5.41, 5.74) is 0.397. The maximum absolute atomic E-state index is 13.0. The summed E-state index contributed by atoms with van der Waals surface area (Å²) in [6.07, 6.45) is 1.62. The second-order valence-corrected chi connectivity index (χ2v) is 5.94. The van der Waals surface area contributed by atoms with E-state index in [9.17, 15) is 14.3 Å². The van der Waals surface area contributed by atoms with Crippen LogP contribution in [0.25, 0.3) is 5.69 Å². The minimum absolute atomic E-state index is 0.0548. The van der Waals surface area contributed by atoms with Gasteiger partial charge in [-0.1, -0.05) is 30.3 Å². The molecule has 0 aliphatic carbocycles. The summed E-state index contributed by atoms with van der Waals surface area (Å²) < 4.78 is 14.5. The molecule has 25 heavy (non-hydrogen) atoms. The Morgan fingerprint density at radius 1 is 1.16 bits per heavy atom. The molecule has 1 aromatic heterocycles. The van der Waals surface area contributed by atoms with Gasteiger partial charge >= 0.3 is 0 Å². The Bertz CT molecular complexity index is 858. The van der Waals surface area contributed by atoms with E-state index >= 15 is 0 Å². The van der Waals surface area contributed by atoms with Gasteiger partial charge in [-0.05, 0) is 42.8 Å². The third-order valence-electron chi connectivity index (χ3n) is 3.90. The van der Waals surface area contributed by atoms with Crippen LogP contribution in [-0.4, -0.2) is 27.3 Å². The number of hydrogen-bond donors (Lipinski definition) is 2. The van der Waals surface area contributed by atoms with Crippen LogP contribution in [-0.2, 0) is 5.60 Å². The van der Waals surface area contributed by atoms with E-state index < -0.39 is 11.5 Å². The molecule has 1 heterocycles. The van der Waals surface area contributed by atoms with Crippen LogP contribution in [0.4, 0.5) is 4.39 Å². The average molecular weight is 339 g/mol. The molecule has 1 unspecified atom stereocenters. The number of benzene rings is 2. The Hall–Kier alpha value is -2.99. The topological polar surface area (TPSA) is 67.2 Å². The highest BCUT2D eigenvalue weighted by Gasteiger charge is 2.24. The SMILES string of the molecule is CC(O)(CNC(=O)c1ccn(-c2ccc(F)cc2)n1)c1ccccc1. The fraction of sp³-hybridized carbons (Fsp3) is 0.158. The first-order valence-corrected chi connectivity index (χ1v) is 7.83. The van der Waals surface area contributed by atoms with E-state index in [2.05, 4.69) is 10.4 Å². The number of rotatable bonds is 5. The fourth-order valence-electron chi connectivity index (χ4n) is 2.42. The Morgan fingerprint density at radius 2 is 1.84 bits per heavy atom. The maximum Gasteiger partial charge on any atom is 0.271 e. The summed E-state index contributed by atoms with van der Waals surface area (Å²) in [5, 5.41) is 17.4. The van der Waals surface area contributed by atoms with E-state index in [0.717, 1.165) is 0 Å². The van der Waals surface area contributed by atoms with Gasteiger partial charge in [-0.2, -0.15) is 5.10 Å². The predicted octanol–water partition coefficient (Wildman–Crippen LogP) is 2.65. The molecule has 0 saturated carbocycles. The van der Waals surface area contributed by atoms with Gasteiger partial charge in [-0.3, -0.25) is 4.79 Å². The summed E-state index contributed by atoms with van der Waals surface area (Å²) in [4.78, 5) is 12.3. The smallest absolute Gasteiger partial charge is 0.271 e. The number of hydrogen-bond acceptors (Lipinski definition) is 3. The lowest BCUT2D eigenvalue weighted by Crippen LogP contribution is -2.38. The largest absolute Gasteiger partial charge is 0.384 e. The van der Waals surface area contributed by atoms with E-state index in [4.69, 9.17) is 0 Å². The molecule has 0 bridgehead atoms. The molecule has 5 nitrogen and oxygen atoms in total. The molecule has 128 valence electrons. The highest BCUT2D eigenvalue weighted by molar-refractivity contribution is 5.92. The molecule has 6 heteroatoms. The molecule has 1 amide bonds. The molecular formula is C19H18FN3O2. The van der Waals surface area contributed by atoms with Crippen molar-refractivity contribution in [1.82, 2.24) is 15.1 Å². The van der Waals surface area contributed by atoms with Crippen LogP contribution < -0.4 is 5.32 Å². The lowest BCUT2D eigenvalue weighted by molar-refractivity contribution is 0.0525. The molecule has 0 saturated heterocycles. The molecule has 0 radical (unpaired) electrons. The van der Waals surface area contributed by atoms with Crippen LogP contribution in [0, 0.1) is 5.82 Å². The van der Waals surface area contributed by atoms with Gasteiger partial charge in [0.05, 0.1) is 12.2 Å². The number of nitrogens with zero attached hydrogens (tertiary/aromatic N) is 2. The first-order chi connectivity index (χ1) is 12.0. The maximum atomic E-state index is 13.0. The predicted molar refractivity (Wildman–Crippen MR) is 91.9 cm³/mol. The Labute approximate surface area is 144 Å². The highest BCUT2D eigenvalue weighted by Crippen LogP contribution is 2.19. The molecule has 1 atom stereocenters. The standard InChI is InChI=1S/C19H18FN3O2/c1-19(25,14-5-3-2-4-6-14)13-21-18(24)17-11-12-23(22-17)16-9-7-15(20)8-10-16/h2-12,25H,13H2,1H3,(H,21,24). The van der Waals surface area contributed by atoms with Gasteiger partial charge in [-0.25, -0.2) is 9.07 Å². The van der Waals surface area contributed by atoms with E-state index in [1.54, 1.807) is 43.5 Å². The van der Waals surface area contributed by atoms with Gasteiger partial charge in [0.2, 0.25) is 0 Å². The summed E-state index contributed by atoms with van der Waals surface area (Å²) >= 11 is 0. The molecule has 2 aromatic carbocycles. The molecule has 3 rings (SSSR count). The van der Waals surface area contributed by atoms with Crippen molar-refractivity contribution in [1.29, 1.82) is 0 Å². The van der Waals surface area contributed by atoms with Gasteiger partial charge in [0.15, 0.2) is 5.69 Å². The lowest BCUT2D eigenvalue weighted by Gasteiger charge is -2.24. The minimum Gasteiger partial charge on any atom is -0.384 e. The van der Waals surface area contributed by atoms with Crippen LogP contribution in [0.2, 0.25) is 0 Å². The summed E-state index contributed by atoms with van der Waals surface area (Å²) in [5.74, 6) is -0.728. The molecular weight excluding hydrogens is 321 g/mol. The van der Waals surface area contributed by atoms with Crippen molar-refractivity contribution >= 4 is 5.91 Å². The summed E-state index contributed by atoms with van der Waals surface area (Å²) in [6, 6.07) is 16.5. The number of aromatic nitrogens is 2. The first kappa shape index (κ1) is 16.9. The number of carbonyl (C=O) groups excluding carboxylic acids is 1. The normalized spacial score (nSPS) is 13.2. The van der Waals surface area contributed by atoms with Crippen molar-refractivity contribution in [2.75, 3.05) is 6.54 Å². The molecule has 0 fully saturated rings. The first-order valence-electron chi connectivity index (χ1n) is 7.83. The number of amides is 1. The quantitative estimate of drug-likeness (QED) is 0.751. The number of nitrogens with one attached hydrogen (secondary N) is 1. The Balaban J connectivity index is 1.67. The second kappa shape index (κ2) is 6.86. The van der Waals surface area contributed by atoms with Crippen molar-refractivity contribution in [2.45, 2.75) is 12.5 Å². The van der Waals surface area contributed by atoms with Crippen molar-refractivity contribution < 1.29 is 14.3 Å². The molecule has 0 aliphatic rings. The Morgan fingerprint density at radius 3 is 2.52 bits per heavy atom. The van der Waals surface area contributed by atoms with Crippen molar-refractivity contribution in [3.05, 3.63) is 83.9 Å². The lowest BCUT2D eigenvalue weighted by atomic mass is 9.96. The van der Waals surface area contributed by atoms with E-state index in [-0.39, 0.29) is 18.1 Å². The summed E-state index contributed by atoms with van der Waals surface area (Å²) in [6.45, 7) is 1.69. The average Bonchev–Trinajstić information content (AvgIpc) is 3.11. The minimum atomic E-state index is -1.18. The zero-order valence-electron chi connectivity index (χ0n) is 13.7. The Kier molecular flexibility index (Phi) is 4.63. The number of aliphatic hydroxyl groups is 1. The van der Waals surface area contributed by atoms with Crippen LogP contribution in [0.5, 0.6) is 0 Å². The van der Waals surface area contributed by atoms with Gasteiger partial charge in [-0.15, -0.1) is 0 Å². The van der Waals surface area contributed by atoms with E-state index in [1.807, 2.05) is 18.2 Å². The van der Waals surface area contributed by atoms with Gasteiger partial charge in [0, 0.05) is 6.20 Å².